The summed E-state index contributed by atoms with van der Waals surface area (Å²) < 4.78 is 2.14. The van der Waals surface area contributed by atoms with Crippen molar-refractivity contribution in [2.24, 2.45) is 30.0 Å². The highest BCUT2D eigenvalue weighted by Gasteiger charge is 2.49. The summed E-state index contributed by atoms with van der Waals surface area (Å²) in [7, 11) is 2.08. The number of fused-ring (bicyclic) bond motifs is 2. The summed E-state index contributed by atoms with van der Waals surface area (Å²) in [5.74, 6) is 3.09. The Labute approximate surface area is 103 Å². The second kappa shape index (κ2) is 4.13. The molecule has 2 N–H and O–H groups in total. The van der Waals surface area contributed by atoms with Gasteiger partial charge in [-0.05, 0) is 49.5 Å². The Hall–Kier alpha value is -0.830. The first-order valence-electron chi connectivity index (χ1n) is 6.90. The van der Waals surface area contributed by atoms with Gasteiger partial charge in [-0.1, -0.05) is 6.42 Å². The van der Waals surface area contributed by atoms with Gasteiger partial charge in [0, 0.05) is 25.9 Å². The van der Waals surface area contributed by atoms with Crippen LogP contribution in [0.15, 0.2) is 12.4 Å². The first kappa shape index (κ1) is 11.3. The lowest BCUT2D eigenvalue weighted by Crippen LogP contribution is -2.36. The zero-order chi connectivity index (χ0) is 11.9. The summed E-state index contributed by atoms with van der Waals surface area (Å²) in [6.07, 6.45) is 11.9. The van der Waals surface area contributed by atoms with Gasteiger partial charge in [-0.2, -0.15) is 0 Å². The molecule has 2 aliphatic rings. The van der Waals surface area contributed by atoms with Gasteiger partial charge in [-0.15, -0.1) is 0 Å². The monoisotopic (exact) mass is 233 g/mol. The predicted molar refractivity (Wildman–Crippen MR) is 68.5 cm³/mol. The van der Waals surface area contributed by atoms with E-state index < -0.39 is 0 Å². The average Bonchev–Trinajstić information content (AvgIpc) is 3.02. The van der Waals surface area contributed by atoms with Gasteiger partial charge in [0.2, 0.25) is 0 Å². The van der Waals surface area contributed by atoms with Crippen LogP contribution in [0.3, 0.4) is 0 Å². The van der Waals surface area contributed by atoms with Crippen LogP contribution in [0.2, 0.25) is 0 Å². The van der Waals surface area contributed by atoms with E-state index in [1.165, 1.54) is 37.9 Å². The molecule has 0 aromatic carbocycles. The summed E-state index contributed by atoms with van der Waals surface area (Å²) in [5, 5.41) is 0. The molecular weight excluding hydrogens is 210 g/mol. The molecular formula is C14H23N3. The fourth-order valence-electron chi connectivity index (χ4n) is 4.21. The van der Waals surface area contributed by atoms with Crippen molar-refractivity contribution in [2.75, 3.05) is 6.54 Å². The Balaban J connectivity index is 1.69. The van der Waals surface area contributed by atoms with Crippen LogP contribution >= 0.6 is 0 Å². The Morgan fingerprint density at radius 2 is 2.41 bits per heavy atom. The Kier molecular flexibility index (Phi) is 2.74. The highest BCUT2D eigenvalue weighted by Crippen LogP contribution is 2.57. The minimum absolute atomic E-state index is 0.439. The van der Waals surface area contributed by atoms with E-state index in [9.17, 15) is 0 Å². The molecule has 0 aliphatic heterocycles. The number of hydrogen-bond donors (Lipinski definition) is 1. The van der Waals surface area contributed by atoms with E-state index in [-0.39, 0.29) is 0 Å². The number of aryl methyl sites for hydroxylation is 2. The van der Waals surface area contributed by atoms with Crippen molar-refractivity contribution < 1.29 is 0 Å². The van der Waals surface area contributed by atoms with Crippen molar-refractivity contribution in [3.05, 3.63) is 18.2 Å². The van der Waals surface area contributed by atoms with E-state index >= 15 is 0 Å². The molecule has 3 nitrogen and oxygen atoms in total. The molecule has 3 atom stereocenters. The van der Waals surface area contributed by atoms with E-state index in [1.54, 1.807) is 0 Å². The fraction of sp³-hybridized carbons (Fsp3) is 0.786. The molecule has 2 bridgehead atoms. The van der Waals surface area contributed by atoms with Crippen LogP contribution in [0.1, 0.15) is 37.9 Å². The van der Waals surface area contributed by atoms with Crippen LogP contribution in [0.5, 0.6) is 0 Å². The zero-order valence-corrected chi connectivity index (χ0v) is 10.7. The highest BCUT2D eigenvalue weighted by molar-refractivity contribution is 5.03. The van der Waals surface area contributed by atoms with E-state index in [0.717, 1.165) is 24.8 Å². The Morgan fingerprint density at radius 3 is 2.94 bits per heavy atom. The van der Waals surface area contributed by atoms with Crippen molar-refractivity contribution >= 4 is 0 Å². The third kappa shape index (κ3) is 1.81. The number of hydrogen-bond acceptors (Lipinski definition) is 2. The second-order valence-electron chi connectivity index (χ2n) is 6.10. The predicted octanol–water partition coefficient (Wildman–Crippen LogP) is 2.12. The third-order valence-corrected chi connectivity index (χ3v) is 5.28. The molecule has 1 heterocycles. The maximum atomic E-state index is 6.11. The van der Waals surface area contributed by atoms with Crippen molar-refractivity contribution in [2.45, 2.75) is 38.5 Å². The molecule has 94 valence electrons. The van der Waals surface area contributed by atoms with Crippen LogP contribution < -0.4 is 5.73 Å². The standard InChI is InChI=1S/C14H23N3/c1-17-7-6-16-13(17)4-5-14(10-15)9-11-2-3-12(14)8-11/h6-7,11-12H,2-5,8-10,15H2,1H3. The molecule has 0 radical (unpaired) electrons. The lowest BCUT2D eigenvalue weighted by atomic mass is 9.70. The number of rotatable bonds is 4. The molecule has 0 spiro atoms. The normalized spacial score (nSPS) is 35.6. The summed E-state index contributed by atoms with van der Waals surface area (Å²) >= 11 is 0. The van der Waals surface area contributed by atoms with Crippen LogP contribution in [-0.2, 0) is 13.5 Å². The van der Waals surface area contributed by atoms with Gasteiger partial charge in [0.25, 0.3) is 0 Å². The van der Waals surface area contributed by atoms with Gasteiger partial charge in [-0.3, -0.25) is 0 Å². The molecule has 2 saturated carbocycles. The minimum atomic E-state index is 0.439. The van der Waals surface area contributed by atoms with Crippen LogP contribution in [-0.4, -0.2) is 16.1 Å². The molecule has 0 amide bonds. The fourth-order valence-corrected chi connectivity index (χ4v) is 4.21. The van der Waals surface area contributed by atoms with Crippen LogP contribution in [0, 0.1) is 17.3 Å². The molecule has 3 heteroatoms. The average molecular weight is 233 g/mol. The molecule has 3 unspecified atom stereocenters. The molecule has 0 saturated heterocycles. The maximum Gasteiger partial charge on any atom is 0.108 e. The largest absolute Gasteiger partial charge is 0.338 e. The maximum absolute atomic E-state index is 6.11. The van der Waals surface area contributed by atoms with E-state index in [0.29, 0.717) is 5.41 Å². The number of imidazole rings is 1. The van der Waals surface area contributed by atoms with Crippen molar-refractivity contribution in [3.63, 3.8) is 0 Å². The zero-order valence-electron chi connectivity index (χ0n) is 10.7. The summed E-state index contributed by atoms with van der Waals surface area (Å²) in [4.78, 5) is 4.43. The molecule has 3 rings (SSSR count). The quantitative estimate of drug-likeness (QED) is 0.865. The SMILES string of the molecule is Cn1ccnc1CCC1(CN)CC2CCC1C2. The van der Waals surface area contributed by atoms with E-state index in [1.807, 2.05) is 12.4 Å². The van der Waals surface area contributed by atoms with Gasteiger partial charge in [0.05, 0.1) is 0 Å². The molecule has 17 heavy (non-hydrogen) atoms. The number of nitrogens with zero attached hydrogens (tertiary/aromatic N) is 2. The Morgan fingerprint density at radius 1 is 1.53 bits per heavy atom. The smallest absolute Gasteiger partial charge is 0.108 e. The molecule has 2 fully saturated rings. The van der Waals surface area contributed by atoms with E-state index in [4.69, 9.17) is 5.73 Å². The van der Waals surface area contributed by atoms with Crippen LogP contribution in [0.25, 0.3) is 0 Å². The number of aromatic nitrogens is 2. The van der Waals surface area contributed by atoms with Crippen molar-refractivity contribution in [3.8, 4) is 0 Å². The lowest BCUT2D eigenvalue weighted by Gasteiger charge is -2.36. The highest BCUT2D eigenvalue weighted by atomic mass is 15.0. The third-order valence-electron chi connectivity index (χ3n) is 5.28. The first-order valence-corrected chi connectivity index (χ1v) is 6.90. The first-order chi connectivity index (χ1) is 8.23. The lowest BCUT2D eigenvalue weighted by molar-refractivity contribution is 0.156. The van der Waals surface area contributed by atoms with Crippen LogP contribution in [0.4, 0.5) is 0 Å². The molecule has 1 aromatic rings. The van der Waals surface area contributed by atoms with Gasteiger partial charge < -0.3 is 10.3 Å². The van der Waals surface area contributed by atoms with Gasteiger partial charge in [-0.25, -0.2) is 4.98 Å². The minimum Gasteiger partial charge on any atom is -0.338 e. The summed E-state index contributed by atoms with van der Waals surface area (Å²) in [6.45, 7) is 0.874. The van der Waals surface area contributed by atoms with Gasteiger partial charge in [0.1, 0.15) is 5.82 Å². The molecule has 2 aliphatic carbocycles. The molecule has 1 aromatic heterocycles. The summed E-state index contributed by atoms with van der Waals surface area (Å²) in [6, 6.07) is 0. The topological polar surface area (TPSA) is 43.8 Å². The summed E-state index contributed by atoms with van der Waals surface area (Å²) in [5.41, 5.74) is 6.54. The van der Waals surface area contributed by atoms with E-state index in [2.05, 4.69) is 16.6 Å². The Bertz CT molecular complexity index is 398. The second-order valence-corrected chi connectivity index (χ2v) is 6.10. The van der Waals surface area contributed by atoms with Gasteiger partial charge in [0.15, 0.2) is 0 Å². The van der Waals surface area contributed by atoms with Crippen molar-refractivity contribution in [1.29, 1.82) is 0 Å². The van der Waals surface area contributed by atoms with Crippen molar-refractivity contribution in [1.82, 2.24) is 9.55 Å². The van der Waals surface area contributed by atoms with Gasteiger partial charge >= 0.3 is 0 Å². The number of nitrogens with two attached hydrogens (primary N) is 1.